The summed E-state index contributed by atoms with van der Waals surface area (Å²) in [5.74, 6) is 0.973. The Morgan fingerprint density at radius 2 is 2.33 bits per heavy atom. The predicted octanol–water partition coefficient (Wildman–Crippen LogP) is 2.37. The smallest absolute Gasteiger partial charge is 0.202 e. The standard InChI is InChI=1S/C13H21N5/c1-3-8-18-9-7-15-13(18)14-6-4-5-12-10-16-17-11(12)2/h7,9-10H,3-6,8H2,1-2H3,(H,14,15)(H,16,17). The maximum atomic E-state index is 4.32. The van der Waals surface area contributed by atoms with Gasteiger partial charge in [0.25, 0.3) is 0 Å². The van der Waals surface area contributed by atoms with Crippen LogP contribution in [0.5, 0.6) is 0 Å². The molecule has 0 spiro atoms. The molecule has 0 radical (unpaired) electrons. The number of aryl methyl sites for hydroxylation is 3. The van der Waals surface area contributed by atoms with Crippen LogP contribution in [-0.4, -0.2) is 26.3 Å². The lowest BCUT2D eigenvalue weighted by Gasteiger charge is -2.08. The summed E-state index contributed by atoms with van der Waals surface area (Å²) in [6.45, 7) is 6.18. The number of nitrogens with one attached hydrogen (secondary N) is 2. The van der Waals surface area contributed by atoms with E-state index in [1.165, 1.54) is 11.3 Å². The number of hydrogen-bond acceptors (Lipinski definition) is 3. The van der Waals surface area contributed by atoms with Crippen LogP contribution in [0.1, 0.15) is 31.0 Å². The third kappa shape index (κ3) is 3.12. The molecule has 5 heteroatoms. The van der Waals surface area contributed by atoms with Gasteiger partial charge in [-0.3, -0.25) is 5.10 Å². The molecule has 0 aliphatic heterocycles. The maximum absolute atomic E-state index is 4.32. The number of aromatic nitrogens is 4. The lowest BCUT2D eigenvalue weighted by atomic mass is 10.1. The SMILES string of the molecule is CCCn1ccnc1NCCCc1cn[nH]c1C. The molecule has 2 heterocycles. The van der Waals surface area contributed by atoms with Gasteiger partial charge in [-0.05, 0) is 31.7 Å². The highest BCUT2D eigenvalue weighted by molar-refractivity contribution is 5.25. The number of nitrogens with zero attached hydrogens (tertiary/aromatic N) is 3. The first kappa shape index (κ1) is 12.7. The Balaban J connectivity index is 1.75. The summed E-state index contributed by atoms with van der Waals surface area (Å²) in [5, 5.41) is 10.4. The molecule has 2 rings (SSSR count). The topological polar surface area (TPSA) is 58.5 Å². The number of anilines is 1. The molecule has 0 fully saturated rings. The Morgan fingerprint density at radius 1 is 1.44 bits per heavy atom. The van der Waals surface area contributed by atoms with Gasteiger partial charge in [-0.25, -0.2) is 4.98 Å². The lowest BCUT2D eigenvalue weighted by molar-refractivity contribution is 0.680. The molecule has 0 atom stereocenters. The molecule has 0 unspecified atom stereocenters. The molecule has 2 aromatic heterocycles. The van der Waals surface area contributed by atoms with Crippen LogP contribution in [-0.2, 0) is 13.0 Å². The van der Waals surface area contributed by atoms with E-state index >= 15 is 0 Å². The lowest BCUT2D eigenvalue weighted by Crippen LogP contribution is -2.09. The van der Waals surface area contributed by atoms with Gasteiger partial charge in [0.15, 0.2) is 0 Å². The minimum absolute atomic E-state index is 0.936. The van der Waals surface area contributed by atoms with Crippen molar-refractivity contribution in [2.45, 2.75) is 39.7 Å². The van der Waals surface area contributed by atoms with Crippen molar-refractivity contribution in [3.05, 3.63) is 29.8 Å². The summed E-state index contributed by atoms with van der Waals surface area (Å²) >= 11 is 0. The van der Waals surface area contributed by atoms with Crippen molar-refractivity contribution in [1.82, 2.24) is 19.7 Å². The monoisotopic (exact) mass is 247 g/mol. The fraction of sp³-hybridized carbons (Fsp3) is 0.538. The number of aromatic amines is 1. The van der Waals surface area contributed by atoms with Crippen LogP contribution in [0.15, 0.2) is 18.6 Å². The summed E-state index contributed by atoms with van der Waals surface area (Å²) in [7, 11) is 0. The third-order valence-corrected chi connectivity index (χ3v) is 3.02. The second-order valence-electron chi connectivity index (χ2n) is 4.49. The largest absolute Gasteiger partial charge is 0.356 e. The Kier molecular flexibility index (Phi) is 4.39. The molecule has 2 aromatic rings. The van der Waals surface area contributed by atoms with Gasteiger partial charge < -0.3 is 9.88 Å². The summed E-state index contributed by atoms with van der Waals surface area (Å²) in [6.07, 6.45) is 9.03. The molecule has 5 nitrogen and oxygen atoms in total. The van der Waals surface area contributed by atoms with Gasteiger partial charge in [0.2, 0.25) is 5.95 Å². The molecule has 18 heavy (non-hydrogen) atoms. The van der Waals surface area contributed by atoms with Gasteiger partial charge >= 0.3 is 0 Å². The van der Waals surface area contributed by atoms with E-state index in [0.717, 1.165) is 38.3 Å². The molecule has 0 aromatic carbocycles. The number of rotatable bonds is 7. The molecule has 0 amide bonds. The van der Waals surface area contributed by atoms with Crippen molar-refractivity contribution in [3.63, 3.8) is 0 Å². The minimum atomic E-state index is 0.936. The summed E-state index contributed by atoms with van der Waals surface area (Å²) in [4.78, 5) is 4.32. The zero-order valence-corrected chi connectivity index (χ0v) is 11.1. The van der Waals surface area contributed by atoms with Crippen LogP contribution in [0.4, 0.5) is 5.95 Å². The van der Waals surface area contributed by atoms with Crippen molar-refractivity contribution in [2.75, 3.05) is 11.9 Å². The van der Waals surface area contributed by atoms with Crippen LogP contribution < -0.4 is 5.32 Å². The number of imidazole rings is 1. The summed E-state index contributed by atoms with van der Waals surface area (Å²) in [5.41, 5.74) is 2.47. The van der Waals surface area contributed by atoms with Gasteiger partial charge in [-0.15, -0.1) is 0 Å². The summed E-state index contributed by atoms with van der Waals surface area (Å²) < 4.78 is 2.16. The molecule has 2 N–H and O–H groups in total. The number of H-pyrrole nitrogens is 1. The Morgan fingerprint density at radius 3 is 3.06 bits per heavy atom. The highest BCUT2D eigenvalue weighted by Crippen LogP contribution is 2.08. The van der Waals surface area contributed by atoms with E-state index in [4.69, 9.17) is 0 Å². The Hall–Kier alpha value is -1.78. The van der Waals surface area contributed by atoms with Crippen LogP contribution >= 0.6 is 0 Å². The van der Waals surface area contributed by atoms with Crippen molar-refractivity contribution >= 4 is 5.95 Å². The first-order valence-corrected chi connectivity index (χ1v) is 6.55. The molecule has 0 saturated carbocycles. The first-order valence-electron chi connectivity index (χ1n) is 6.55. The van der Waals surface area contributed by atoms with Crippen LogP contribution in [0, 0.1) is 6.92 Å². The fourth-order valence-corrected chi connectivity index (χ4v) is 2.00. The van der Waals surface area contributed by atoms with E-state index in [2.05, 4.69) is 38.9 Å². The van der Waals surface area contributed by atoms with E-state index < -0.39 is 0 Å². The van der Waals surface area contributed by atoms with Gasteiger partial charge in [0.05, 0.1) is 6.20 Å². The fourth-order valence-electron chi connectivity index (χ4n) is 2.00. The average molecular weight is 247 g/mol. The molecular formula is C13H21N5. The van der Waals surface area contributed by atoms with Crippen molar-refractivity contribution in [1.29, 1.82) is 0 Å². The molecule has 0 aliphatic carbocycles. The van der Waals surface area contributed by atoms with Gasteiger partial charge in [-0.2, -0.15) is 5.10 Å². The first-order chi connectivity index (χ1) is 8.81. The van der Waals surface area contributed by atoms with Crippen LogP contribution in [0.25, 0.3) is 0 Å². The Labute approximate surface area is 108 Å². The molecule has 0 bridgehead atoms. The van der Waals surface area contributed by atoms with E-state index in [1.54, 1.807) is 0 Å². The Bertz CT molecular complexity index is 471. The quantitative estimate of drug-likeness (QED) is 0.738. The van der Waals surface area contributed by atoms with E-state index in [0.29, 0.717) is 0 Å². The van der Waals surface area contributed by atoms with Crippen molar-refractivity contribution < 1.29 is 0 Å². The second-order valence-corrected chi connectivity index (χ2v) is 4.49. The predicted molar refractivity (Wildman–Crippen MR) is 72.7 cm³/mol. The van der Waals surface area contributed by atoms with E-state index in [1.807, 2.05) is 18.6 Å². The highest BCUT2D eigenvalue weighted by Gasteiger charge is 2.02. The maximum Gasteiger partial charge on any atom is 0.202 e. The molecule has 0 aliphatic rings. The zero-order chi connectivity index (χ0) is 12.8. The van der Waals surface area contributed by atoms with Crippen molar-refractivity contribution in [3.8, 4) is 0 Å². The minimum Gasteiger partial charge on any atom is -0.356 e. The van der Waals surface area contributed by atoms with Crippen molar-refractivity contribution in [2.24, 2.45) is 0 Å². The molecule has 0 saturated heterocycles. The average Bonchev–Trinajstić information content (AvgIpc) is 2.95. The molecule has 98 valence electrons. The van der Waals surface area contributed by atoms with E-state index in [-0.39, 0.29) is 0 Å². The normalized spacial score (nSPS) is 10.8. The zero-order valence-electron chi connectivity index (χ0n) is 11.1. The van der Waals surface area contributed by atoms with Gasteiger partial charge in [-0.1, -0.05) is 6.92 Å². The summed E-state index contributed by atoms with van der Waals surface area (Å²) in [6, 6.07) is 0. The third-order valence-electron chi connectivity index (χ3n) is 3.02. The van der Waals surface area contributed by atoms with Crippen LogP contribution in [0.2, 0.25) is 0 Å². The van der Waals surface area contributed by atoms with Gasteiger partial charge in [0, 0.05) is 31.2 Å². The van der Waals surface area contributed by atoms with E-state index in [9.17, 15) is 0 Å². The molecular weight excluding hydrogens is 226 g/mol. The number of hydrogen-bond donors (Lipinski definition) is 2. The second kappa shape index (κ2) is 6.23. The van der Waals surface area contributed by atoms with Crippen LogP contribution in [0.3, 0.4) is 0 Å². The highest BCUT2D eigenvalue weighted by atomic mass is 15.2. The van der Waals surface area contributed by atoms with Gasteiger partial charge in [0.1, 0.15) is 0 Å².